The van der Waals surface area contributed by atoms with Crippen LogP contribution in [0.4, 0.5) is 13.2 Å². The first-order valence-corrected chi connectivity index (χ1v) is 12.4. The van der Waals surface area contributed by atoms with Crippen molar-refractivity contribution in [2.75, 3.05) is 19.6 Å². The number of alkyl halides is 3. The highest BCUT2D eigenvalue weighted by atomic mass is 32.2. The Bertz CT molecular complexity index is 993. The molecule has 6 nitrogen and oxygen atoms in total. The lowest BCUT2D eigenvalue weighted by atomic mass is 9.70. The molecular weight excluding hydrogens is 445 g/mol. The molecule has 3 saturated heterocycles. The van der Waals surface area contributed by atoms with Gasteiger partial charge in [-0.25, -0.2) is 8.42 Å². The van der Waals surface area contributed by atoms with Crippen LogP contribution in [-0.4, -0.2) is 60.4 Å². The van der Waals surface area contributed by atoms with Crippen LogP contribution in [0.25, 0.3) is 0 Å². The van der Waals surface area contributed by atoms with E-state index in [1.54, 1.807) is 6.08 Å². The maximum absolute atomic E-state index is 13.7. The number of aliphatic carboxylic acids is 1. The van der Waals surface area contributed by atoms with Crippen molar-refractivity contribution in [3.05, 3.63) is 42.0 Å². The third-order valence-corrected chi connectivity index (χ3v) is 8.86. The lowest BCUT2D eigenvalue weighted by Crippen LogP contribution is -2.65. The van der Waals surface area contributed by atoms with Gasteiger partial charge in [-0.1, -0.05) is 24.3 Å². The highest BCUT2D eigenvalue weighted by molar-refractivity contribution is 7.89. The maximum atomic E-state index is 13.7. The molecule has 1 N–H and O–H groups in total. The molecule has 0 spiro atoms. The highest BCUT2D eigenvalue weighted by Gasteiger charge is 2.52. The fourth-order valence-electron chi connectivity index (χ4n) is 5.75. The van der Waals surface area contributed by atoms with Crippen molar-refractivity contribution in [2.24, 2.45) is 11.8 Å². The predicted molar refractivity (Wildman–Crippen MR) is 111 cm³/mol. The van der Waals surface area contributed by atoms with Crippen LogP contribution in [0.1, 0.15) is 37.7 Å². The molecule has 0 bridgehead atoms. The summed E-state index contributed by atoms with van der Waals surface area (Å²) in [6.45, 7) is 2.01. The molecule has 3 heterocycles. The largest absolute Gasteiger partial charge is 0.481 e. The van der Waals surface area contributed by atoms with Crippen molar-refractivity contribution in [2.45, 2.75) is 55.3 Å². The van der Waals surface area contributed by atoms with Crippen LogP contribution < -0.4 is 0 Å². The Kier molecular flexibility index (Phi) is 6.39. The number of halogens is 3. The van der Waals surface area contributed by atoms with Gasteiger partial charge in [-0.05, 0) is 62.7 Å². The molecule has 3 aliphatic rings. The van der Waals surface area contributed by atoms with Gasteiger partial charge >= 0.3 is 12.1 Å². The van der Waals surface area contributed by atoms with Gasteiger partial charge < -0.3 is 5.11 Å². The number of sulfonamides is 1. The Balaban J connectivity index is 1.78. The molecular formula is C22H27F3N2O4S. The Labute approximate surface area is 185 Å². The molecule has 0 aromatic heterocycles. The first kappa shape index (κ1) is 23.3. The summed E-state index contributed by atoms with van der Waals surface area (Å²) in [5.74, 6) is -1.08. The van der Waals surface area contributed by atoms with Crippen molar-refractivity contribution in [3.8, 4) is 0 Å². The van der Waals surface area contributed by atoms with Gasteiger partial charge in [0.05, 0.1) is 16.9 Å². The van der Waals surface area contributed by atoms with Crippen molar-refractivity contribution in [1.82, 2.24) is 9.21 Å². The second-order valence-corrected chi connectivity index (χ2v) is 10.7. The topological polar surface area (TPSA) is 77.9 Å². The minimum absolute atomic E-state index is 0.0472. The van der Waals surface area contributed by atoms with Crippen LogP contribution in [-0.2, 0) is 21.0 Å². The number of piperidine rings is 3. The van der Waals surface area contributed by atoms with Crippen LogP contribution in [0.5, 0.6) is 0 Å². The summed E-state index contributed by atoms with van der Waals surface area (Å²) < 4.78 is 69.4. The molecule has 0 amide bonds. The van der Waals surface area contributed by atoms with E-state index < -0.39 is 38.7 Å². The maximum Gasteiger partial charge on any atom is 0.417 e. The summed E-state index contributed by atoms with van der Waals surface area (Å²) in [4.78, 5) is 12.7. The van der Waals surface area contributed by atoms with Gasteiger partial charge in [-0.15, -0.1) is 0 Å². The number of hydrogen-bond donors (Lipinski definition) is 1. The quantitative estimate of drug-likeness (QED) is 0.663. The lowest BCUT2D eigenvalue weighted by Gasteiger charge is -2.56. The number of carboxylic acid groups (broad SMARTS) is 1. The third-order valence-electron chi connectivity index (χ3n) is 6.94. The lowest BCUT2D eigenvalue weighted by molar-refractivity contribution is -0.140. The first-order valence-electron chi connectivity index (χ1n) is 10.9. The second-order valence-electron chi connectivity index (χ2n) is 8.82. The number of carboxylic acids is 1. The minimum atomic E-state index is -4.80. The van der Waals surface area contributed by atoms with E-state index in [0.717, 1.165) is 50.9 Å². The smallest absolute Gasteiger partial charge is 0.417 e. The van der Waals surface area contributed by atoms with Gasteiger partial charge in [0.2, 0.25) is 10.0 Å². The number of benzene rings is 1. The first-order chi connectivity index (χ1) is 15.1. The van der Waals surface area contributed by atoms with E-state index in [1.807, 2.05) is 0 Å². The SMILES string of the molecule is O=C(O)C/C=C/[C@@H]1[C@H]2CCCN3CCC[C@@H](CN1S(=O)(=O)c1ccccc1C(F)(F)F)[C@@H]23. The van der Waals surface area contributed by atoms with Crippen LogP contribution in [0.2, 0.25) is 0 Å². The minimum Gasteiger partial charge on any atom is -0.481 e. The van der Waals surface area contributed by atoms with Crippen LogP contribution in [0.3, 0.4) is 0 Å². The monoisotopic (exact) mass is 472 g/mol. The predicted octanol–water partition coefficient (Wildman–Crippen LogP) is 3.60. The summed E-state index contributed by atoms with van der Waals surface area (Å²) in [6, 6.07) is 3.77. The van der Waals surface area contributed by atoms with Crippen molar-refractivity contribution in [3.63, 3.8) is 0 Å². The van der Waals surface area contributed by atoms with Gasteiger partial charge in [0.25, 0.3) is 0 Å². The molecule has 4 rings (SSSR count). The summed E-state index contributed by atoms with van der Waals surface area (Å²) in [5, 5.41) is 9.02. The van der Waals surface area contributed by atoms with Crippen LogP contribution in [0, 0.1) is 11.8 Å². The molecule has 4 atom stereocenters. The number of rotatable bonds is 5. The zero-order valence-electron chi connectivity index (χ0n) is 17.5. The molecule has 10 heteroatoms. The number of carbonyl (C=O) groups is 1. The summed E-state index contributed by atoms with van der Waals surface area (Å²) in [5.41, 5.74) is -1.18. The van der Waals surface area contributed by atoms with E-state index in [2.05, 4.69) is 4.90 Å². The van der Waals surface area contributed by atoms with E-state index >= 15 is 0 Å². The van der Waals surface area contributed by atoms with Gasteiger partial charge in [0.1, 0.15) is 0 Å². The number of hydrogen-bond acceptors (Lipinski definition) is 4. The Morgan fingerprint density at radius 3 is 2.53 bits per heavy atom. The van der Waals surface area contributed by atoms with Gasteiger partial charge in [-0.3, -0.25) is 9.69 Å². The zero-order chi connectivity index (χ0) is 23.1. The number of nitrogens with zero attached hydrogens (tertiary/aromatic N) is 2. The standard InChI is InChI=1S/C22H27F3N2O4S/c23-22(24,25)17-8-1-2-10-19(17)32(30,31)27-14-15-6-4-12-26-13-5-7-16(21(15)26)18(27)9-3-11-20(28)29/h1-3,8-10,15-16,18,21H,4-7,11-14H2,(H,28,29)/b9-3+/t15-,16+,18+,21-/m0/s1. The fraction of sp³-hybridized carbons (Fsp3) is 0.591. The summed E-state index contributed by atoms with van der Waals surface area (Å²) in [7, 11) is -4.47. The molecule has 32 heavy (non-hydrogen) atoms. The molecule has 3 aliphatic heterocycles. The van der Waals surface area contributed by atoms with Gasteiger partial charge in [0.15, 0.2) is 0 Å². The highest BCUT2D eigenvalue weighted by Crippen LogP contribution is 2.45. The Morgan fingerprint density at radius 2 is 1.84 bits per heavy atom. The molecule has 0 unspecified atom stereocenters. The molecule has 0 radical (unpaired) electrons. The average molecular weight is 473 g/mol. The van der Waals surface area contributed by atoms with Crippen LogP contribution in [0.15, 0.2) is 41.3 Å². The van der Waals surface area contributed by atoms with Crippen molar-refractivity contribution < 1.29 is 31.5 Å². The van der Waals surface area contributed by atoms with E-state index in [0.29, 0.717) is 0 Å². The van der Waals surface area contributed by atoms with E-state index in [-0.39, 0.29) is 30.8 Å². The van der Waals surface area contributed by atoms with E-state index in [9.17, 15) is 26.4 Å². The van der Waals surface area contributed by atoms with Crippen molar-refractivity contribution >= 4 is 16.0 Å². The molecule has 1 aromatic rings. The molecule has 176 valence electrons. The Hall–Kier alpha value is -1.91. The molecule has 1 aromatic carbocycles. The molecule has 0 aliphatic carbocycles. The van der Waals surface area contributed by atoms with Gasteiger partial charge in [-0.2, -0.15) is 17.5 Å². The van der Waals surface area contributed by atoms with Crippen LogP contribution >= 0.6 is 0 Å². The van der Waals surface area contributed by atoms with E-state index in [4.69, 9.17) is 5.11 Å². The van der Waals surface area contributed by atoms with Gasteiger partial charge in [0, 0.05) is 18.6 Å². The normalized spacial score (nSPS) is 29.7. The van der Waals surface area contributed by atoms with E-state index in [1.165, 1.54) is 22.5 Å². The second kappa shape index (κ2) is 8.79. The Morgan fingerprint density at radius 1 is 1.16 bits per heavy atom. The third kappa shape index (κ3) is 4.32. The average Bonchev–Trinajstić information content (AvgIpc) is 2.74. The molecule has 0 saturated carbocycles. The summed E-state index contributed by atoms with van der Waals surface area (Å²) in [6.07, 6.45) is 1.33. The summed E-state index contributed by atoms with van der Waals surface area (Å²) >= 11 is 0. The fourth-order valence-corrected chi connectivity index (χ4v) is 7.65. The molecule has 3 fully saturated rings. The van der Waals surface area contributed by atoms with Crippen molar-refractivity contribution in [1.29, 1.82) is 0 Å². The zero-order valence-corrected chi connectivity index (χ0v) is 18.4.